The molecule has 0 bridgehead atoms. The fourth-order valence-corrected chi connectivity index (χ4v) is 3.65. The number of nitrogens with one attached hydrogen (secondary N) is 1. The molecule has 1 aliphatic heterocycles. The Morgan fingerprint density at radius 2 is 1.79 bits per heavy atom. The molecule has 2 aromatic carbocycles. The third-order valence-corrected chi connectivity index (χ3v) is 5.30. The van der Waals surface area contributed by atoms with Crippen molar-refractivity contribution in [3.05, 3.63) is 71.4 Å². The van der Waals surface area contributed by atoms with E-state index in [0.29, 0.717) is 50.3 Å². The van der Waals surface area contributed by atoms with Crippen LogP contribution in [0.25, 0.3) is 0 Å². The van der Waals surface area contributed by atoms with Crippen LogP contribution < -0.4 is 19.5 Å². The number of fused-ring (bicyclic) bond motifs is 1. The predicted molar refractivity (Wildman–Crippen MR) is 127 cm³/mol. The molecule has 0 atom stereocenters. The number of aromatic nitrogens is 1. The number of carbonyl (C=O) groups excluding carboxylic acids is 1. The molecule has 2 heterocycles. The number of oxazole rings is 1. The summed E-state index contributed by atoms with van der Waals surface area (Å²) in [6.07, 6.45) is 1.42. The lowest BCUT2D eigenvalue weighted by Crippen LogP contribution is -2.27. The van der Waals surface area contributed by atoms with Gasteiger partial charge in [-0.2, -0.15) is 0 Å². The van der Waals surface area contributed by atoms with Crippen LogP contribution >= 0.6 is 0 Å². The summed E-state index contributed by atoms with van der Waals surface area (Å²) in [5.41, 5.74) is 2.50. The Morgan fingerprint density at radius 3 is 2.56 bits per heavy atom. The molecule has 1 amide bonds. The van der Waals surface area contributed by atoms with Crippen LogP contribution in [0.15, 0.2) is 53.1 Å². The molecule has 0 radical (unpaired) electrons. The van der Waals surface area contributed by atoms with Crippen molar-refractivity contribution >= 4 is 5.91 Å². The average molecular weight is 466 g/mol. The molecule has 0 unspecified atom stereocenters. The van der Waals surface area contributed by atoms with Gasteiger partial charge in [-0.1, -0.05) is 32.0 Å². The highest BCUT2D eigenvalue weighted by Gasteiger charge is 2.18. The lowest BCUT2D eigenvalue weighted by Gasteiger charge is -2.21. The lowest BCUT2D eigenvalue weighted by atomic mass is 10.1. The average Bonchev–Trinajstić information content (AvgIpc) is 3.48. The Balaban J connectivity index is 1.48. The van der Waals surface area contributed by atoms with Crippen molar-refractivity contribution in [2.24, 2.45) is 5.92 Å². The minimum Gasteiger partial charge on any atom is -0.494 e. The fraction of sp³-hybridized carbons (Fsp3) is 0.385. The maximum absolute atomic E-state index is 12.3. The quantitative estimate of drug-likeness (QED) is 0.449. The molecule has 4 rings (SSSR count). The summed E-state index contributed by atoms with van der Waals surface area (Å²) in [4.78, 5) is 19.0. The third-order valence-electron chi connectivity index (χ3n) is 5.30. The van der Waals surface area contributed by atoms with E-state index >= 15 is 0 Å². The zero-order valence-electron chi connectivity index (χ0n) is 19.9. The summed E-state index contributed by atoms with van der Waals surface area (Å²) in [6, 6.07) is 14.0. The second kappa shape index (κ2) is 11.1. The summed E-state index contributed by atoms with van der Waals surface area (Å²) in [6.45, 7) is 9.27. The van der Waals surface area contributed by atoms with Gasteiger partial charge in [-0.25, -0.2) is 4.98 Å². The summed E-state index contributed by atoms with van der Waals surface area (Å²) in [5.74, 6) is 2.98. The maximum Gasteiger partial charge on any atom is 0.273 e. The summed E-state index contributed by atoms with van der Waals surface area (Å²) in [7, 11) is 0. The van der Waals surface area contributed by atoms with Gasteiger partial charge in [0.25, 0.3) is 5.91 Å². The Hall–Kier alpha value is -3.52. The van der Waals surface area contributed by atoms with Crippen LogP contribution in [0.2, 0.25) is 0 Å². The summed E-state index contributed by atoms with van der Waals surface area (Å²) in [5, 5.41) is 2.87. The number of nitrogens with zero attached hydrogens (tertiary/aromatic N) is 2. The molecule has 3 aromatic rings. The first-order valence-electron chi connectivity index (χ1n) is 11.6. The number of hydrogen-bond acceptors (Lipinski definition) is 7. The third kappa shape index (κ3) is 6.29. The van der Waals surface area contributed by atoms with Gasteiger partial charge in [0.15, 0.2) is 17.2 Å². The topological polar surface area (TPSA) is 86.1 Å². The van der Waals surface area contributed by atoms with E-state index < -0.39 is 0 Å². The number of rotatable bonds is 11. The molecule has 34 heavy (non-hydrogen) atoms. The molecule has 1 aliphatic rings. The molecule has 0 fully saturated rings. The van der Waals surface area contributed by atoms with Crippen LogP contribution in [0.1, 0.15) is 48.3 Å². The van der Waals surface area contributed by atoms with E-state index in [4.69, 9.17) is 18.6 Å². The van der Waals surface area contributed by atoms with Gasteiger partial charge in [0, 0.05) is 19.6 Å². The highest BCUT2D eigenvalue weighted by atomic mass is 16.7. The van der Waals surface area contributed by atoms with Crippen LogP contribution in [0.4, 0.5) is 0 Å². The summed E-state index contributed by atoms with van der Waals surface area (Å²) >= 11 is 0. The van der Waals surface area contributed by atoms with Crippen molar-refractivity contribution in [2.45, 2.75) is 40.4 Å². The zero-order chi connectivity index (χ0) is 23.9. The summed E-state index contributed by atoms with van der Waals surface area (Å²) < 4.78 is 22.2. The van der Waals surface area contributed by atoms with Crippen molar-refractivity contribution < 1.29 is 23.4 Å². The number of benzene rings is 2. The minimum atomic E-state index is -0.225. The number of amides is 1. The van der Waals surface area contributed by atoms with E-state index in [-0.39, 0.29) is 12.7 Å². The normalized spacial score (nSPS) is 12.4. The van der Waals surface area contributed by atoms with Gasteiger partial charge in [0.1, 0.15) is 12.0 Å². The van der Waals surface area contributed by atoms with E-state index in [2.05, 4.69) is 27.3 Å². The van der Waals surface area contributed by atoms with Crippen LogP contribution in [0.5, 0.6) is 17.2 Å². The van der Waals surface area contributed by atoms with Gasteiger partial charge in [-0.15, -0.1) is 0 Å². The highest BCUT2D eigenvalue weighted by molar-refractivity contribution is 5.91. The van der Waals surface area contributed by atoms with Crippen molar-refractivity contribution in [1.82, 2.24) is 15.2 Å². The number of carbonyl (C=O) groups is 1. The Bertz CT molecular complexity index is 1090. The second-order valence-electron chi connectivity index (χ2n) is 8.64. The van der Waals surface area contributed by atoms with Crippen molar-refractivity contribution in [3.8, 4) is 17.2 Å². The molecule has 0 saturated heterocycles. The van der Waals surface area contributed by atoms with Crippen molar-refractivity contribution in [2.75, 3.05) is 19.9 Å². The lowest BCUT2D eigenvalue weighted by molar-refractivity contribution is 0.0944. The fourth-order valence-electron chi connectivity index (χ4n) is 3.65. The van der Waals surface area contributed by atoms with Crippen LogP contribution in [0.3, 0.4) is 0 Å². The van der Waals surface area contributed by atoms with E-state index in [1.165, 1.54) is 6.26 Å². The Kier molecular flexibility index (Phi) is 7.69. The SMILES string of the molecule is CCOc1ccc(CN(Cc2ccc3c(c2)OCO3)Cc2nc(C(=O)NCC(C)C)co2)cc1. The predicted octanol–water partition coefficient (Wildman–Crippen LogP) is 4.39. The van der Waals surface area contributed by atoms with Gasteiger partial charge in [0.05, 0.1) is 13.2 Å². The molecule has 0 saturated carbocycles. The Labute approximate surface area is 199 Å². The number of hydrogen-bond donors (Lipinski definition) is 1. The van der Waals surface area contributed by atoms with Gasteiger partial charge in [-0.3, -0.25) is 9.69 Å². The minimum absolute atomic E-state index is 0.225. The molecule has 8 heteroatoms. The van der Waals surface area contributed by atoms with Gasteiger partial charge < -0.3 is 23.9 Å². The first-order chi connectivity index (χ1) is 16.5. The first-order valence-corrected chi connectivity index (χ1v) is 11.6. The van der Waals surface area contributed by atoms with E-state index in [1.54, 1.807) is 0 Å². The molecule has 1 aromatic heterocycles. The monoisotopic (exact) mass is 465 g/mol. The highest BCUT2D eigenvalue weighted by Crippen LogP contribution is 2.33. The van der Waals surface area contributed by atoms with E-state index in [1.807, 2.05) is 51.1 Å². The molecule has 0 spiro atoms. The molecule has 0 aliphatic carbocycles. The van der Waals surface area contributed by atoms with E-state index in [9.17, 15) is 4.79 Å². The maximum atomic E-state index is 12.3. The second-order valence-corrected chi connectivity index (χ2v) is 8.64. The standard InChI is InChI=1S/C26H31N3O5/c1-4-31-21-8-5-19(6-9-21)13-29(14-20-7-10-23-24(11-20)34-17-33-23)15-25-28-22(16-32-25)26(30)27-12-18(2)3/h5-11,16,18H,4,12-15,17H2,1-3H3,(H,27,30). The molecule has 180 valence electrons. The molecule has 1 N–H and O–H groups in total. The van der Waals surface area contributed by atoms with Crippen molar-refractivity contribution in [1.29, 1.82) is 0 Å². The van der Waals surface area contributed by atoms with Gasteiger partial charge in [0.2, 0.25) is 12.7 Å². The zero-order valence-corrected chi connectivity index (χ0v) is 19.9. The van der Waals surface area contributed by atoms with Crippen molar-refractivity contribution in [3.63, 3.8) is 0 Å². The largest absolute Gasteiger partial charge is 0.494 e. The number of ether oxygens (including phenoxy) is 3. The smallest absolute Gasteiger partial charge is 0.273 e. The first kappa shape index (κ1) is 23.6. The van der Waals surface area contributed by atoms with Crippen LogP contribution in [0, 0.1) is 5.92 Å². The Morgan fingerprint density at radius 1 is 1.06 bits per heavy atom. The molecule has 8 nitrogen and oxygen atoms in total. The molecular formula is C26H31N3O5. The van der Waals surface area contributed by atoms with Crippen LogP contribution in [-0.2, 0) is 19.6 Å². The molecular weight excluding hydrogens is 434 g/mol. The van der Waals surface area contributed by atoms with Gasteiger partial charge in [-0.05, 0) is 48.2 Å². The van der Waals surface area contributed by atoms with Gasteiger partial charge >= 0.3 is 0 Å². The van der Waals surface area contributed by atoms with Crippen LogP contribution in [-0.4, -0.2) is 35.7 Å². The van der Waals surface area contributed by atoms with E-state index in [0.717, 1.165) is 28.4 Å².